The summed E-state index contributed by atoms with van der Waals surface area (Å²) in [5.74, 6) is 1.20. The molecule has 3 aliphatic rings. The predicted octanol–water partition coefficient (Wildman–Crippen LogP) is 2.34. The van der Waals surface area contributed by atoms with E-state index in [0.29, 0.717) is 31.0 Å². The SMILES string of the molecule is CCN(C(C)CC1CCC2OCOC2C1)C1OC1[C@@H](N)C(C)C. The minimum atomic E-state index is 0.140. The molecular formula is C18H34N2O3. The fourth-order valence-corrected chi connectivity index (χ4v) is 4.38. The first-order chi connectivity index (χ1) is 11.0. The van der Waals surface area contributed by atoms with Gasteiger partial charge < -0.3 is 19.9 Å². The van der Waals surface area contributed by atoms with Crippen molar-refractivity contribution in [3.8, 4) is 0 Å². The largest absolute Gasteiger partial charge is 0.351 e. The molecular weight excluding hydrogens is 292 g/mol. The maximum atomic E-state index is 6.27. The molecule has 5 heteroatoms. The Morgan fingerprint density at radius 3 is 2.57 bits per heavy atom. The lowest BCUT2D eigenvalue weighted by atomic mass is 9.81. The van der Waals surface area contributed by atoms with E-state index in [1.807, 2.05) is 0 Å². The van der Waals surface area contributed by atoms with Crippen molar-refractivity contribution in [2.45, 2.75) is 90.0 Å². The van der Waals surface area contributed by atoms with Gasteiger partial charge in [-0.2, -0.15) is 0 Å². The van der Waals surface area contributed by atoms with Crippen LogP contribution in [0.3, 0.4) is 0 Å². The van der Waals surface area contributed by atoms with Gasteiger partial charge in [0.05, 0.1) is 12.2 Å². The van der Waals surface area contributed by atoms with Crippen molar-refractivity contribution >= 4 is 0 Å². The van der Waals surface area contributed by atoms with Crippen LogP contribution >= 0.6 is 0 Å². The quantitative estimate of drug-likeness (QED) is 0.728. The molecule has 1 aliphatic carbocycles. The van der Waals surface area contributed by atoms with Crippen LogP contribution in [0.1, 0.15) is 53.4 Å². The minimum absolute atomic E-state index is 0.140. The number of fused-ring (bicyclic) bond motifs is 1. The van der Waals surface area contributed by atoms with Gasteiger partial charge in [-0.3, -0.25) is 4.90 Å². The molecule has 2 N–H and O–H groups in total. The molecule has 2 saturated heterocycles. The summed E-state index contributed by atoms with van der Waals surface area (Å²) in [6, 6.07) is 0.666. The van der Waals surface area contributed by atoms with Gasteiger partial charge in [-0.15, -0.1) is 0 Å². The molecule has 0 radical (unpaired) electrons. The number of epoxide rings is 1. The van der Waals surface area contributed by atoms with Crippen LogP contribution in [-0.4, -0.2) is 54.9 Å². The molecule has 3 rings (SSSR count). The Labute approximate surface area is 140 Å². The van der Waals surface area contributed by atoms with Crippen molar-refractivity contribution in [1.82, 2.24) is 4.90 Å². The normalized spacial score (nSPS) is 39.5. The van der Waals surface area contributed by atoms with Gasteiger partial charge in [-0.25, -0.2) is 0 Å². The number of hydrogen-bond acceptors (Lipinski definition) is 5. The van der Waals surface area contributed by atoms with E-state index in [9.17, 15) is 0 Å². The van der Waals surface area contributed by atoms with Gasteiger partial charge >= 0.3 is 0 Å². The number of hydrogen-bond donors (Lipinski definition) is 1. The average Bonchev–Trinajstić information content (AvgIpc) is 3.15. The Hall–Kier alpha value is -0.200. The summed E-state index contributed by atoms with van der Waals surface area (Å²) in [6.07, 6.45) is 5.87. The number of ether oxygens (including phenoxy) is 3. The average molecular weight is 326 g/mol. The van der Waals surface area contributed by atoms with Gasteiger partial charge in [-0.05, 0) is 51.0 Å². The fourth-order valence-electron chi connectivity index (χ4n) is 4.38. The van der Waals surface area contributed by atoms with E-state index >= 15 is 0 Å². The third kappa shape index (κ3) is 3.90. The summed E-state index contributed by atoms with van der Waals surface area (Å²) in [5, 5.41) is 0. The van der Waals surface area contributed by atoms with Gasteiger partial charge in [0, 0.05) is 12.1 Å². The minimum Gasteiger partial charge on any atom is -0.351 e. The van der Waals surface area contributed by atoms with Gasteiger partial charge in [-0.1, -0.05) is 20.8 Å². The highest BCUT2D eigenvalue weighted by atomic mass is 16.7. The summed E-state index contributed by atoms with van der Waals surface area (Å²) in [7, 11) is 0. The van der Waals surface area contributed by atoms with Gasteiger partial charge in [0.1, 0.15) is 19.1 Å². The Bertz CT molecular complexity index is 392. The van der Waals surface area contributed by atoms with Crippen LogP contribution in [0.2, 0.25) is 0 Å². The zero-order valence-corrected chi connectivity index (χ0v) is 15.1. The molecule has 134 valence electrons. The fraction of sp³-hybridized carbons (Fsp3) is 1.00. The topological polar surface area (TPSA) is 60.2 Å². The molecule has 7 atom stereocenters. The highest BCUT2D eigenvalue weighted by Gasteiger charge is 2.49. The van der Waals surface area contributed by atoms with Crippen LogP contribution < -0.4 is 5.73 Å². The van der Waals surface area contributed by atoms with Crippen LogP contribution in [0.4, 0.5) is 0 Å². The molecule has 3 fully saturated rings. The maximum Gasteiger partial charge on any atom is 0.147 e. The van der Waals surface area contributed by atoms with E-state index in [-0.39, 0.29) is 18.4 Å². The molecule has 0 amide bonds. The number of nitrogens with zero attached hydrogens (tertiary/aromatic N) is 1. The van der Waals surface area contributed by atoms with Crippen LogP contribution in [0.25, 0.3) is 0 Å². The molecule has 0 aromatic heterocycles. The van der Waals surface area contributed by atoms with E-state index in [0.717, 1.165) is 25.3 Å². The maximum absolute atomic E-state index is 6.27. The van der Waals surface area contributed by atoms with E-state index < -0.39 is 0 Å². The highest BCUT2D eigenvalue weighted by molar-refractivity contribution is 4.96. The highest BCUT2D eigenvalue weighted by Crippen LogP contribution is 2.37. The summed E-state index contributed by atoms with van der Waals surface area (Å²) >= 11 is 0. The summed E-state index contributed by atoms with van der Waals surface area (Å²) in [6.45, 7) is 10.4. The Balaban J connectivity index is 1.49. The third-order valence-corrected chi connectivity index (χ3v) is 5.99. The van der Waals surface area contributed by atoms with E-state index in [2.05, 4.69) is 32.6 Å². The molecule has 0 spiro atoms. The molecule has 0 aromatic carbocycles. The van der Waals surface area contributed by atoms with E-state index in [1.165, 1.54) is 12.8 Å². The smallest absolute Gasteiger partial charge is 0.147 e. The first-order valence-corrected chi connectivity index (χ1v) is 9.41. The van der Waals surface area contributed by atoms with Crippen molar-refractivity contribution in [2.75, 3.05) is 13.3 Å². The Morgan fingerprint density at radius 1 is 1.13 bits per heavy atom. The second-order valence-electron chi connectivity index (χ2n) is 7.93. The van der Waals surface area contributed by atoms with Crippen LogP contribution in [0.5, 0.6) is 0 Å². The molecule has 5 nitrogen and oxygen atoms in total. The van der Waals surface area contributed by atoms with Crippen molar-refractivity contribution in [3.05, 3.63) is 0 Å². The zero-order valence-electron chi connectivity index (χ0n) is 15.1. The third-order valence-electron chi connectivity index (χ3n) is 5.99. The summed E-state index contributed by atoms with van der Waals surface area (Å²) in [4.78, 5) is 2.49. The summed E-state index contributed by atoms with van der Waals surface area (Å²) in [5.41, 5.74) is 6.27. The van der Waals surface area contributed by atoms with Crippen molar-refractivity contribution < 1.29 is 14.2 Å². The van der Waals surface area contributed by atoms with Crippen molar-refractivity contribution in [2.24, 2.45) is 17.6 Å². The second-order valence-corrected chi connectivity index (χ2v) is 7.93. The molecule has 0 bridgehead atoms. The second kappa shape index (κ2) is 7.36. The standard InChI is InChI=1S/C18H34N2O3/c1-5-20(18-17(23-18)16(19)11(2)3)12(4)8-13-6-7-14-15(9-13)22-10-21-14/h11-18H,5-10,19H2,1-4H3/t12?,13?,14?,15?,16-,17?,18?/m0/s1. The predicted molar refractivity (Wildman–Crippen MR) is 89.9 cm³/mol. The summed E-state index contributed by atoms with van der Waals surface area (Å²) < 4.78 is 17.3. The molecule has 1 saturated carbocycles. The van der Waals surface area contributed by atoms with Crippen molar-refractivity contribution in [3.63, 3.8) is 0 Å². The van der Waals surface area contributed by atoms with Crippen LogP contribution in [0.15, 0.2) is 0 Å². The molecule has 2 heterocycles. The van der Waals surface area contributed by atoms with Gasteiger partial charge in [0.25, 0.3) is 0 Å². The first kappa shape index (κ1) is 17.6. The molecule has 2 aliphatic heterocycles. The number of rotatable bonds is 7. The Kier molecular flexibility index (Phi) is 5.64. The lowest BCUT2D eigenvalue weighted by Crippen LogP contribution is -2.43. The molecule has 6 unspecified atom stereocenters. The van der Waals surface area contributed by atoms with Crippen LogP contribution in [0, 0.1) is 11.8 Å². The lowest BCUT2D eigenvalue weighted by Gasteiger charge is -2.34. The van der Waals surface area contributed by atoms with E-state index in [1.54, 1.807) is 0 Å². The molecule has 0 aromatic rings. The van der Waals surface area contributed by atoms with Gasteiger partial charge in [0.15, 0.2) is 0 Å². The lowest BCUT2D eigenvalue weighted by molar-refractivity contribution is 0.0377. The van der Waals surface area contributed by atoms with Crippen molar-refractivity contribution in [1.29, 1.82) is 0 Å². The Morgan fingerprint density at radius 2 is 1.87 bits per heavy atom. The number of likely N-dealkylation sites (N-methyl/N-ethyl adjacent to an activating group) is 1. The van der Waals surface area contributed by atoms with Crippen LogP contribution in [-0.2, 0) is 14.2 Å². The number of nitrogens with two attached hydrogens (primary N) is 1. The monoisotopic (exact) mass is 326 g/mol. The first-order valence-electron chi connectivity index (χ1n) is 9.41. The van der Waals surface area contributed by atoms with E-state index in [4.69, 9.17) is 19.9 Å². The molecule has 23 heavy (non-hydrogen) atoms. The van der Waals surface area contributed by atoms with Gasteiger partial charge in [0.2, 0.25) is 0 Å². The zero-order chi connectivity index (χ0) is 16.6.